The molecule has 1 aliphatic heterocycles. The number of piperidine rings is 1. The normalized spacial score (nSPS) is 17.9. The van der Waals surface area contributed by atoms with Crippen molar-refractivity contribution in [2.75, 3.05) is 13.7 Å². The summed E-state index contributed by atoms with van der Waals surface area (Å²) < 4.78 is 18.9. The highest BCUT2D eigenvalue weighted by molar-refractivity contribution is 6.00. The molecule has 3 atom stereocenters. The minimum atomic E-state index is -1.04. The Bertz CT molecular complexity index is 1110. The molecule has 4 N–H and O–H groups in total. The number of benzene rings is 1. The summed E-state index contributed by atoms with van der Waals surface area (Å²) in [4.78, 5) is 53.6. The highest BCUT2D eigenvalue weighted by Crippen LogP contribution is 2.23. The maximum Gasteiger partial charge on any atom is 0.328 e. The van der Waals surface area contributed by atoms with Gasteiger partial charge in [-0.3, -0.25) is 14.4 Å². The number of carbonyl (C=O) groups is 4. The van der Waals surface area contributed by atoms with Crippen LogP contribution in [0.5, 0.6) is 0 Å². The molecule has 1 aliphatic rings. The Hall–Kier alpha value is -3.43. The summed E-state index contributed by atoms with van der Waals surface area (Å²) in [6.07, 6.45) is 1.76. The van der Waals surface area contributed by atoms with Crippen LogP contribution < -0.4 is 16.0 Å². The van der Waals surface area contributed by atoms with Gasteiger partial charge in [0.1, 0.15) is 23.6 Å². The molecule has 3 rings (SSSR count). The van der Waals surface area contributed by atoms with Crippen molar-refractivity contribution in [2.24, 2.45) is 11.3 Å². The van der Waals surface area contributed by atoms with E-state index in [0.29, 0.717) is 18.4 Å². The number of esters is 1. The van der Waals surface area contributed by atoms with E-state index in [4.69, 9.17) is 4.74 Å². The lowest BCUT2D eigenvalue weighted by Crippen LogP contribution is -2.54. The fourth-order valence-electron chi connectivity index (χ4n) is 4.27. The monoisotopic (exact) mass is 488 g/mol. The van der Waals surface area contributed by atoms with E-state index in [-0.39, 0.29) is 35.4 Å². The zero-order chi connectivity index (χ0) is 25.8. The van der Waals surface area contributed by atoms with E-state index in [1.807, 2.05) is 20.8 Å². The number of methoxy groups -OCH3 is 1. The van der Waals surface area contributed by atoms with Crippen LogP contribution in [0.2, 0.25) is 0 Å². The van der Waals surface area contributed by atoms with Crippen LogP contribution >= 0.6 is 0 Å². The highest BCUT2D eigenvalue weighted by atomic mass is 19.1. The molecule has 10 heteroatoms. The van der Waals surface area contributed by atoms with Crippen LogP contribution in [0.15, 0.2) is 24.3 Å². The average Bonchev–Trinajstić information content (AvgIpc) is 3.24. The summed E-state index contributed by atoms with van der Waals surface area (Å²) in [7, 11) is 1.21. The first-order valence-electron chi connectivity index (χ1n) is 11.7. The van der Waals surface area contributed by atoms with E-state index < -0.39 is 41.6 Å². The minimum Gasteiger partial charge on any atom is -0.467 e. The van der Waals surface area contributed by atoms with Crippen LogP contribution in [0.1, 0.15) is 56.9 Å². The van der Waals surface area contributed by atoms with Gasteiger partial charge in [0, 0.05) is 17.8 Å². The molecule has 3 amide bonds. The number of para-hydroxylation sites is 1. The predicted octanol–water partition coefficient (Wildman–Crippen LogP) is 2.42. The van der Waals surface area contributed by atoms with Crippen molar-refractivity contribution in [1.29, 1.82) is 0 Å². The maximum atomic E-state index is 14.0. The van der Waals surface area contributed by atoms with E-state index in [0.717, 1.165) is 6.42 Å². The third kappa shape index (κ3) is 6.80. The first kappa shape index (κ1) is 26.2. The Morgan fingerprint density at radius 3 is 2.57 bits per heavy atom. The lowest BCUT2D eigenvalue weighted by atomic mass is 9.87. The Morgan fingerprint density at radius 1 is 1.20 bits per heavy atom. The fourth-order valence-corrected chi connectivity index (χ4v) is 4.27. The van der Waals surface area contributed by atoms with Crippen LogP contribution in [-0.4, -0.2) is 54.4 Å². The Balaban J connectivity index is 1.78. The minimum absolute atomic E-state index is 0.0989. The van der Waals surface area contributed by atoms with Crippen LogP contribution in [-0.2, 0) is 19.1 Å². The quantitative estimate of drug-likeness (QED) is 0.424. The summed E-state index contributed by atoms with van der Waals surface area (Å²) in [5, 5.41) is 8.68. The Morgan fingerprint density at radius 2 is 1.94 bits per heavy atom. The lowest BCUT2D eigenvalue weighted by Gasteiger charge is -2.29. The zero-order valence-corrected chi connectivity index (χ0v) is 20.5. The van der Waals surface area contributed by atoms with Gasteiger partial charge >= 0.3 is 5.97 Å². The van der Waals surface area contributed by atoms with Gasteiger partial charge in [0.2, 0.25) is 11.8 Å². The summed E-state index contributed by atoms with van der Waals surface area (Å²) >= 11 is 0. The molecule has 0 aliphatic carbocycles. The van der Waals surface area contributed by atoms with Gasteiger partial charge in [0.15, 0.2) is 0 Å². The number of nitrogens with one attached hydrogen (secondary N) is 4. The Labute approximate surface area is 203 Å². The molecule has 1 aromatic carbocycles. The Kier molecular flexibility index (Phi) is 8.14. The molecule has 1 aromatic heterocycles. The van der Waals surface area contributed by atoms with Gasteiger partial charge in [-0.2, -0.15) is 0 Å². The molecule has 0 radical (unpaired) electrons. The second kappa shape index (κ2) is 10.9. The van der Waals surface area contributed by atoms with Crippen LogP contribution in [0, 0.1) is 17.2 Å². The average molecular weight is 489 g/mol. The van der Waals surface area contributed by atoms with Crippen molar-refractivity contribution in [3.05, 3.63) is 35.8 Å². The number of amides is 3. The van der Waals surface area contributed by atoms with E-state index >= 15 is 0 Å². The predicted molar refractivity (Wildman–Crippen MR) is 128 cm³/mol. The van der Waals surface area contributed by atoms with Crippen LogP contribution in [0.4, 0.5) is 4.39 Å². The van der Waals surface area contributed by atoms with Gasteiger partial charge in [0.05, 0.1) is 12.6 Å². The molecular formula is C25H33FN4O5. The van der Waals surface area contributed by atoms with Gasteiger partial charge in [-0.25, -0.2) is 9.18 Å². The van der Waals surface area contributed by atoms with Gasteiger partial charge in [-0.15, -0.1) is 0 Å². The molecule has 1 saturated heterocycles. The van der Waals surface area contributed by atoms with E-state index in [9.17, 15) is 23.6 Å². The number of aromatic amines is 1. The maximum absolute atomic E-state index is 14.0. The third-order valence-electron chi connectivity index (χ3n) is 6.01. The number of ether oxygens (including phenoxy) is 1. The van der Waals surface area contributed by atoms with Crippen molar-refractivity contribution in [3.63, 3.8) is 0 Å². The number of H-pyrrole nitrogens is 1. The molecule has 35 heavy (non-hydrogen) atoms. The molecule has 1 fully saturated rings. The number of carbonyl (C=O) groups excluding carboxylic acids is 4. The highest BCUT2D eigenvalue weighted by Gasteiger charge is 2.34. The summed E-state index contributed by atoms with van der Waals surface area (Å²) in [6, 6.07) is 4.00. The van der Waals surface area contributed by atoms with E-state index in [2.05, 4.69) is 20.9 Å². The lowest BCUT2D eigenvalue weighted by molar-refractivity contribution is -0.146. The zero-order valence-electron chi connectivity index (χ0n) is 20.5. The largest absolute Gasteiger partial charge is 0.467 e. The van der Waals surface area contributed by atoms with Crippen LogP contribution in [0.25, 0.3) is 10.9 Å². The fraction of sp³-hybridized carbons (Fsp3) is 0.520. The third-order valence-corrected chi connectivity index (χ3v) is 6.01. The van der Waals surface area contributed by atoms with Crippen molar-refractivity contribution in [3.8, 4) is 0 Å². The molecule has 190 valence electrons. The van der Waals surface area contributed by atoms with Gasteiger partial charge in [-0.05, 0) is 43.2 Å². The van der Waals surface area contributed by atoms with Crippen LogP contribution in [0.3, 0.4) is 0 Å². The molecule has 9 nitrogen and oxygen atoms in total. The van der Waals surface area contributed by atoms with Crippen molar-refractivity contribution >= 4 is 34.6 Å². The van der Waals surface area contributed by atoms with Crippen molar-refractivity contribution < 1.29 is 28.3 Å². The molecule has 0 bridgehead atoms. The molecule has 0 saturated carbocycles. The molecular weight excluding hydrogens is 455 g/mol. The summed E-state index contributed by atoms with van der Waals surface area (Å²) in [6.45, 7) is 6.34. The number of halogens is 1. The standard InChI is InChI=1S/C25H33FN4O5/c1-25(2,3)13-19(30-22(32)17-11-14-7-5-9-16(26)20(14)28-17)23(33)29-18(24(34)35-4)12-15-8-6-10-27-21(15)31/h5,7,9,11,15,18-19,28H,6,8,10,12-13H2,1-4H3,(H,27,31)(H,29,33)(H,30,32)/t15-,18?,19?/m0/s1. The smallest absolute Gasteiger partial charge is 0.328 e. The second-order valence-electron chi connectivity index (χ2n) is 10.1. The number of hydrogen-bond donors (Lipinski definition) is 4. The molecule has 2 unspecified atom stereocenters. The van der Waals surface area contributed by atoms with Crippen molar-refractivity contribution in [1.82, 2.24) is 20.9 Å². The van der Waals surface area contributed by atoms with Gasteiger partial charge in [0.25, 0.3) is 5.91 Å². The molecule has 2 aromatic rings. The van der Waals surface area contributed by atoms with Crippen molar-refractivity contribution in [2.45, 2.75) is 58.5 Å². The molecule has 0 spiro atoms. The first-order chi connectivity index (χ1) is 16.5. The van der Waals surface area contributed by atoms with Gasteiger partial charge < -0.3 is 25.7 Å². The number of rotatable bonds is 8. The molecule has 2 heterocycles. The van der Waals surface area contributed by atoms with E-state index in [1.165, 1.54) is 19.2 Å². The number of aromatic nitrogens is 1. The van der Waals surface area contributed by atoms with E-state index in [1.54, 1.807) is 12.1 Å². The number of hydrogen-bond acceptors (Lipinski definition) is 5. The SMILES string of the molecule is COC(=O)C(C[C@@H]1CCCNC1=O)NC(=O)C(CC(C)(C)C)NC(=O)c1cc2cccc(F)c2[nH]1. The van der Waals surface area contributed by atoms with Gasteiger partial charge in [-0.1, -0.05) is 32.9 Å². The summed E-state index contributed by atoms with van der Waals surface area (Å²) in [5.74, 6) is -2.88. The number of fused-ring (bicyclic) bond motifs is 1. The second-order valence-corrected chi connectivity index (χ2v) is 10.1. The first-order valence-corrected chi connectivity index (χ1v) is 11.7. The topological polar surface area (TPSA) is 129 Å². The summed E-state index contributed by atoms with van der Waals surface area (Å²) in [5.41, 5.74) is -0.0301.